The van der Waals surface area contributed by atoms with Gasteiger partial charge >= 0.3 is 0 Å². The third-order valence-electron chi connectivity index (χ3n) is 5.34. The predicted molar refractivity (Wildman–Crippen MR) is 108 cm³/mol. The molecule has 1 aliphatic rings. The van der Waals surface area contributed by atoms with Crippen molar-refractivity contribution >= 4 is 0 Å². The number of rotatable bonds is 9. The average molecular weight is 359 g/mol. The molecule has 2 rings (SSSR count). The first kappa shape index (κ1) is 20.6. The molecule has 144 valence electrons. The summed E-state index contributed by atoms with van der Waals surface area (Å²) in [5, 5.41) is 0. The Morgan fingerprint density at radius 3 is 2.54 bits per heavy atom. The van der Waals surface area contributed by atoms with Gasteiger partial charge in [0, 0.05) is 11.5 Å². The van der Waals surface area contributed by atoms with Crippen LogP contribution in [-0.4, -0.2) is 14.2 Å². The van der Waals surface area contributed by atoms with E-state index in [2.05, 4.69) is 45.6 Å². The van der Waals surface area contributed by atoms with Gasteiger partial charge in [-0.2, -0.15) is 4.89 Å². The van der Waals surface area contributed by atoms with E-state index in [1.807, 2.05) is 0 Å². The highest BCUT2D eigenvalue weighted by atomic mass is 17.2. The van der Waals surface area contributed by atoms with E-state index in [1.54, 1.807) is 14.2 Å². The van der Waals surface area contributed by atoms with Crippen LogP contribution in [0.2, 0.25) is 0 Å². The molecule has 0 radical (unpaired) electrons. The zero-order valence-electron chi connectivity index (χ0n) is 17.1. The molecule has 0 aromatic heterocycles. The van der Waals surface area contributed by atoms with Crippen LogP contribution in [0.1, 0.15) is 69.9 Å². The number of hydrogen-bond donors (Lipinski definition) is 0. The highest BCUT2D eigenvalue weighted by Crippen LogP contribution is 2.47. The van der Waals surface area contributed by atoms with Crippen LogP contribution in [0.4, 0.5) is 0 Å². The maximum absolute atomic E-state index is 5.80. The predicted octanol–water partition coefficient (Wildman–Crippen LogP) is 6.38. The van der Waals surface area contributed by atoms with Crippen LogP contribution in [0, 0.1) is 5.92 Å². The zero-order valence-corrected chi connectivity index (χ0v) is 17.1. The lowest BCUT2D eigenvalue weighted by atomic mass is 9.73. The van der Waals surface area contributed by atoms with E-state index >= 15 is 0 Å². The summed E-state index contributed by atoms with van der Waals surface area (Å²) in [6.45, 7) is 10.8. The van der Waals surface area contributed by atoms with Crippen molar-refractivity contribution in [2.24, 2.45) is 5.92 Å². The molecule has 1 aliphatic carbocycles. The molecule has 2 atom stereocenters. The second-order valence-corrected chi connectivity index (χ2v) is 7.45. The quantitative estimate of drug-likeness (QED) is 0.222. The van der Waals surface area contributed by atoms with E-state index in [0.717, 1.165) is 36.3 Å². The summed E-state index contributed by atoms with van der Waals surface area (Å²) < 4.78 is 5.80. The molecule has 0 saturated carbocycles. The lowest BCUT2D eigenvalue weighted by Crippen LogP contribution is -2.18. The molecule has 3 nitrogen and oxygen atoms in total. The van der Waals surface area contributed by atoms with Crippen LogP contribution in [0.15, 0.2) is 35.9 Å². The number of benzene rings is 1. The molecular weight excluding hydrogens is 324 g/mol. The molecule has 2 unspecified atom stereocenters. The Morgan fingerprint density at radius 2 is 1.92 bits per heavy atom. The van der Waals surface area contributed by atoms with Crippen molar-refractivity contribution in [3.63, 3.8) is 0 Å². The van der Waals surface area contributed by atoms with Gasteiger partial charge in [-0.25, -0.2) is 0 Å². The van der Waals surface area contributed by atoms with Crippen LogP contribution in [0.25, 0.3) is 0 Å². The summed E-state index contributed by atoms with van der Waals surface area (Å²) in [5.74, 6) is 2.23. The first-order valence-electron chi connectivity index (χ1n) is 9.75. The molecule has 0 aliphatic heterocycles. The van der Waals surface area contributed by atoms with Crippen molar-refractivity contribution in [3.8, 4) is 11.5 Å². The minimum Gasteiger partial charge on any atom is -0.496 e. The summed E-state index contributed by atoms with van der Waals surface area (Å²) in [7, 11) is 3.29. The molecule has 3 heteroatoms. The Bertz CT molecular complexity index is 645. The smallest absolute Gasteiger partial charge is 0.173 e. The van der Waals surface area contributed by atoms with Crippen LogP contribution >= 0.6 is 0 Å². The van der Waals surface area contributed by atoms with Gasteiger partial charge in [-0.15, -0.1) is 0 Å². The molecule has 26 heavy (non-hydrogen) atoms. The van der Waals surface area contributed by atoms with Crippen LogP contribution in [0.5, 0.6) is 11.5 Å². The van der Waals surface area contributed by atoms with Gasteiger partial charge in [0.1, 0.15) is 5.75 Å². The topological polar surface area (TPSA) is 27.7 Å². The number of aryl methyl sites for hydroxylation is 1. The van der Waals surface area contributed by atoms with E-state index in [9.17, 15) is 0 Å². The van der Waals surface area contributed by atoms with E-state index in [-0.39, 0.29) is 5.92 Å². The molecule has 0 saturated heterocycles. The molecule has 0 heterocycles. The van der Waals surface area contributed by atoms with Gasteiger partial charge in [-0.05, 0) is 63.1 Å². The minimum atomic E-state index is 0.200. The van der Waals surface area contributed by atoms with Crippen molar-refractivity contribution in [1.29, 1.82) is 0 Å². The molecule has 0 fully saturated rings. The molecule has 1 aromatic rings. The summed E-state index contributed by atoms with van der Waals surface area (Å²) in [6, 6.07) is 4.28. The third-order valence-corrected chi connectivity index (χ3v) is 5.34. The minimum absolute atomic E-state index is 0.200. The van der Waals surface area contributed by atoms with E-state index in [0.29, 0.717) is 5.92 Å². The standard InChI is InChI=1S/C23H34O3/c1-7-8-9-10-18-14-21(24-5)23(22(15-18)26-25-6)20-13-17(4)11-12-19(20)16(2)3/h13-15,19-20H,2,7-12H2,1,3-6H3. The van der Waals surface area contributed by atoms with Gasteiger partial charge in [0.05, 0.1) is 14.2 Å². The molecular formula is C23H34O3. The first-order chi connectivity index (χ1) is 12.5. The lowest BCUT2D eigenvalue weighted by Gasteiger charge is -2.32. The Morgan fingerprint density at radius 1 is 1.19 bits per heavy atom. The fourth-order valence-corrected chi connectivity index (χ4v) is 3.94. The molecule has 0 bridgehead atoms. The van der Waals surface area contributed by atoms with Crippen molar-refractivity contribution in [1.82, 2.24) is 0 Å². The van der Waals surface area contributed by atoms with Crippen molar-refractivity contribution in [3.05, 3.63) is 47.1 Å². The summed E-state index contributed by atoms with van der Waals surface area (Å²) in [5.41, 5.74) is 4.91. The highest BCUT2D eigenvalue weighted by Gasteiger charge is 2.31. The van der Waals surface area contributed by atoms with Crippen molar-refractivity contribution < 1.29 is 14.5 Å². The van der Waals surface area contributed by atoms with Crippen LogP contribution in [0.3, 0.4) is 0 Å². The molecule has 0 N–H and O–H groups in total. The Hall–Kier alpha value is -1.74. The fourth-order valence-electron chi connectivity index (χ4n) is 3.94. The molecule has 0 spiro atoms. The maximum atomic E-state index is 5.80. The SMILES string of the molecule is C=C(C)C1CCC(C)=CC1c1c(OC)cc(CCCCC)cc1OOC. The van der Waals surface area contributed by atoms with Crippen molar-refractivity contribution in [2.75, 3.05) is 14.2 Å². The van der Waals surface area contributed by atoms with Gasteiger partial charge in [-0.1, -0.05) is 43.6 Å². The maximum Gasteiger partial charge on any atom is 0.173 e. The van der Waals surface area contributed by atoms with E-state index in [4.69, 9.17) is 14.5 Å². The number of hydrogen-bond acceptors (Lipinski definition) is 3. The van der Waals surface area contributed by atoms with Gasteiger partial charge in [-0.3, -0.25) is 0 Å². The number of allylic oxidation sites excluding steroid dienone is 3. The summed E-state index contributed by atoms with van der Waals surface area (Å²) in [4.78, 5) is 10.7. The van der Waals surface area contributed by atoms with Crippen LogP contribution < -0.4 is 9.62 Å². The van der Waals surface area contributed by atoms with Gasteiger partial charge < -0.3 is 9.62 Å². The molecule has 1 aromatic carbocycles. The number of methoxy groups -OCH3 is 1. The van der Waals surface area contributed by atoms with E-state index in [1.165, 1.54) is 36.0 Å². The number of unbranched alkanes of at least 4 members (excludes halogenated alkanes) is 2. The summed E-state index contributed by atoms with van der Waals surface area (Å²) >= 11 is 0. The monoisotopic (exact) mass is 358 g/mol. The van der Waals surface area contributed by atoms with Gasteiger partial charge in [0.2, 0.25) is 0 Å². The highest BCUT2D eigenvalue weighted by molar-refractivity contribution is 5.53. The lowest BCUT2D eigenvalue weighted by molar-refractivity contribution is -0.179. The fraction of sp³-hybridized carbons (Fsp3) is 0.565. The normalized spacial score (nSPS) is 19.8. The average Bonchev–Trinajstić information content (AvgIpc) is 2.61. The first-order valence-corrected chi connectivity index (χ1v) is 9.75. The third kappa shape index (κ3) is 4.91. The van der Waals surface area contributed by atoms with Gasteiger partial charge in [0.25, 0.3) is 0 Å². The Kier molecular flexibility index (Phi) is 7.77. The Balaban J connectivity index is 2.50. The van der Waals surface area contributed by atoms with E-state index < -0.39 is 0 Å². The second kappa shape index (κ2) is 9.82. The Labute approximate surface area is 159 Å². The summed E-state index contributed by atoms with van der Waals surface area (Å²) in [6.07, 6.45) is 9.20. The van der Waals surface area contributed by atoms with Crippen molar-refractivity contribution in [2.45, 2.75) is 65.2 Å². The molecule has 0 amide bonds. The zero-order chi connectivity index (χ0) is 19.1. The number of ether oxygens (including phenoxy) is 1. The second-order valence-electron chi connectivity index (χ2n) is 7.45. The van der Waals surface area contributed by atoms with Gasteiger partial charge in [0.15, 0.2) is 5.75 Å². The largest absolute Gasteiger partial charge is 0.496 e. The van der Waals surface area contributed by atoms with Crippen LogP contribution in [-0.2, 0) is 11.3 Å².